The molecule has 2 aromatic heterocycles. The lowest BCUT2D eigenvalue weighted by atomic mass is 10.0. The van der Waals surface area contributed by atoms with E-state index in [9.17, 15) is 4.79 Å². The van der Waals surface area contributed by atoms with Crippen molar-refractivity contribution in [2.24, 2.45) is 0 Å². The molecule has 8 nitrogen and oxygen atoms in total. The fourth-order valence-corrected chi connectivity index (χ4v) is 5.17. The summed E-state index contributed by atoms with van der Waals surface area (Å²) >= 11 is 0. The zero-order valence-electron chi connectivity index (χ0n) is 20.6. The van der Waals surface area contributed by atoms with Crippen LogP contribution in [0.4, 0.5) is 0 Å². The number of hydrogen-bond acceptors (Lipinski definition) is 6. The molecule has 1 aliphatic rings. The molecule has 0 aliphatic heterocycles. The highest BCUT2D eigenvalue weighted by molar-refractivity contribution is 5.85. The largest absolute Gasteiger partial charge is 0.496 e. The van der Waals surface area contributed by atoms with Crippen molar-refractivity contribution in [3.05, 3.63) is 80.9 Å². The zero-order chi connectivity index (χ0) is 24.4. The van der Waals surface area contributed by atoms with Crippen molar-refractivity contribution in [3.63, 3.8) is 0 Å². The first kappa shape index (κ1) is 23.2. The van der Waals surface area contributed by atoms with Gasteiger partial charge < -0.3 is 9.72 Å². The second-order valence-corrected chi connectivity index (χ2v) is 9.55. The molecule has 0 atom stereocenters. The van der Waals surface area contributed by atoms with E-state index in [-0.39, 0.29) is 5.56 Å². The first-order valence-corrected chi connectivity index (χ1v) is 12.3. The number of aromatic amines is 1. The Balaban J connectivity index is 1.50. The number of methoxy groups -OCH3 is 1. The fraction of sp³-hybridized carbons (Fsp3) is 0.407. The number of para-hydroxylation sites is 1. The Morgan fingerprint density at radius 2 is 1.77 bits per heavy atom. The lowest BCUT2D eigenvalue weighted by Gasteiger charge is -2.24. The number of benzene rings is 2. The van der Waals surface area contributed by atoms with Crippen LogP contribution in [-0.4, -0.2) is 37.2 Å². The minimum absolute atomic E-state index is 0.0633. The van der Waals surface area contributed by atoms with Gasteiger partial charge in [-0.3, -0.25) is 9.69 Å². The van der Waals surface area contributed by atoms with Crippen LogP contribution in [0.15, 0.2) is 47.3 Å². The van der Waals surface area contributed by atoms with E-state index in [1.807, 2.05) is 41.9 Å². The third-order valence-electron chi connectivity index (χ3n) is 7.10. The summed E-state index contributed by atoms with van der Waals surface area (Å²) in [4.78, 5) is 18.5. The van der Waals surface area contributed by atoms with Crippen LogP contribution in [0.5, 0.6) is 5.75 Å². The summed E-state index contributed by atoms with van der Waals surface area (Å²) in [7, 11) is 1.68. The van der Waals surface area contributed by atoms with Gasteiger partial charge in [0, 0.05) is 29.6 Å². The number of fused-ring (bicyclic) bond motifs is 1. The summed E-state index contributed by atoms with van der Waals surface area (Å²) < 4.78 is 7.59. The molecule has 8 heteroatoms. The Morgan fingerprint density at radius 3 is 2.57 bits per heavy atom. The maximum absolute atomic E-state index is 13.1. The van der Waals surface area contributed by atoms with Crippen LogP contribution in [0.3, 0.4) is 0 Å². The van der Waals surface area contributed by atoms with Crippen molar-refractivity contribution in [2.75, 3.05) is 7.11 Å². The van der Waals surface area contributed by atoms with Crippen LogP contribution in [0.25, 0.3) is 10.9 Å². The lowest BCUT2D eigenvalue weighted by molar-refractivity contribution is 0.228. The number of ether oxygens (including phenoxy) is 1. The van der Waals surface area contributed by atoms with Gasteiger partial charge in [0.15, 0.2) is 5.82 Å². The summed E-state index contributed by atoms with van der Waals surface area (Å²) in [5, 5.41) is 13.8. The minimum Gasteiger partial charge on any atom is -0.496 e. The van der Waals surface area contributed by atoms with Crippen LogP contribution in [-0.2, 0) is 19.6 Å². The number of hydrogen-bond donors (Lipinski definition) is 1. The maximum atomic E-state index is 13.1. The Hall–Kier alpha value is -3.52. The molecule has 0 radical (unpaired) electrons. The van der Waals surface area contributed by atoms with Gasteiger partial charge in [0.25, 0.3) is 5.56 Å². The molecule has 1 aliphatic carbocycles. The van der Waals surface area contributed by atoms with Gasteiger partial charge in [-0.2, -0.15) is 0 Å². The highest BCUT2D eigenvalue weighted by Crippen LogP contribution is 2.30. The predicted molar refractivity (Wildman–Crippen MR) is 135 cm³/mol. The molecule has 35 heavy (non-hydrogen) atoms. The number of H-pyrrole nitrogens is 1. The SMILES string of the molecule is COc1ccccc1CN(Cc1cc2c(C)ccc(C)c2[nH]c1=O)Cc1nnnn1C1CCCC1. The monoisotopic (exact) mass is 472 g/mol. The van der Waals surface area contributed by atoms with Crippen LogP contribution in [0, 0.1) is 13.8 Å². The maximum Gasteiger partial charge on any atom is 0.252 e. The van der Waals surface area contributed by atoms with Gasteiger partial charge in [0.2, 0.25) is 0 Å². The molecule has 5 rings (SSSR count). The van der Waals surface area contributed by atoms with Crippen LogP contribution < -0.4 is 10.3 Å². The number of nitrogens with one attached hydrogen (secondary N) is 1. The molecule has 1 fully saturated rings. The van der Waals surface area contributed by atoms with Gasteiger partial charge in [-0.25, -0.2) is 4.68 Å². The highest BCUT2D eigenvalue weighted by Gasteiger charge is 2.23. The van der Waals surface area contributed by atoms with Crippen molar-refractivity contribution in [1.82, 2.24) is 30.1 Å². The van der Waals surface area contributed by atoms with Gasteiger partial charge in [0.05, 0.1) is 25.2 Å². The van der Waals surface area contributed by atoms with E-state index in [2.05, 4.69) is 44.5 Å². The van der Waals surface area contributed by atoms with Gasteiger partial charge in [-0.05, 0) is 60.4 Å². The molecule has 0 bridgehead atoms. The molecule has 2 aromatic carbocycles. The minimum atomic E-state index is -0.0633. The van der Waals surface area contributed by atoms with E-state index >= 15 is 0 Å². The van der Waals surface area contributed by atoms with Gasteiger partial charge in [0.1, 0.15) is 5.75 Å². The second kappa shape index (κ2) is 10.00. The van der Waals surface area contributed by atoms with Gasteiger partial charge >= 0.3 is 0 Å². The molecule has 182 valence electrons. The predicted octanol–water partition coefficient (Wildman–Crippen LogP) is 4.46. The summed E-state index contributed by atoms with van der Waals surface area (Å²) in [6.45, 7) is 5.70. The molecular weight excluding hydrogens is 440 g/mol. The Kier molecular flexibility index (Phi) is 6.63. The number of pyridine rings is 1. The van der Waals surface area contributed by atoms with E-state index in [1.54, 1.807) is 7.11 Å². The molecule has 2 heterocycles. The summed E-state index contributed by atoms with van der Waals surface area (Å²) in [5.74, 6) is 1.66. The molecular formula is C27H32N6O2. The molecule has 1 N–H and O–H groups in total. The van der Waals surface area contributed by atoms with Gasteiger partial charge in [-0.15, -0.1) is 5.10 Å². The van der Waals surface area contributed by atoms with E-state index in [0.717, 1.165) is 57.6 Å². The van der Waals surface area contributed by atoms with Crippen molar-refractivity contribution in [3.8, 4) is 5.75 Å². The summed E-state index contributed by atoms with van der Waals surface area (Å²) in [6.07, 6.45) is 4.63. The van der Waals surface area contributed by atoms with Crippen molar-refractivity contribution >= 4 is 10.9 Å². The Bertz CT molecular complexity index is 1390. The standard InChI is InChI=1S/C27H32N6O2/c1-18-12-13-19(2)26-23(18)14-21(27(34)28-26)16-32(15-20-8-4-7-11-24(20)35-3)17-25-29-30-31-33(25)22-9-5-6-10-22/h4,7-8,11-14,22H,5-6,9-10,15-17H2,1-3H3,(H,28,34). The quantitative estimate of drug-likeness (QED) is 0.407. The van der Waals surface area contributed by atoms with E-state index in [1.165, 1.54) is 12.8 Å². The van der Waals surface area contributed by atoms with Crippen molar-refractivity contribution in [1.29, 1.82) is 0 Å². The van der Waals surface area contributed by atoms with E-state index in [0.29, 0.717) is 25.7 Å². The third kappa shape index (κ3) is 4.84. The number of rotatable bonds is 8. The Morgan fingerprint density at radius 1 is 1.03 bits per heavy atom. The van der Waals surface area contributed by atoms with Crippen LogP contribution in [0.1, 0.15) is 59.8 Å². The van der Waals surface area contributed by atoms with Gasteiger partial charge in [-0.1, -0.05) is 43.2 Å². The summed E-state index contributed by atoms with van der Waals surface area (Å²) in [6, 6.07) is 14.5. The number of nitrogens with zero attached hydrogens (tertiary/aromatic N) is 5. The number of aromatic nitrogens is 5. The smallest absolute Gasteiger partial charge is 0.252 e. The average molecular weight is 473 g/mol. The number of tetrazole rings is 1. The van der Waals surface area contributed by atoms with Crippen LogP contribution >= 0.6 is 0 Å². The molecule has 1 saturated carbocycles. The van der Waals surface area contributed by atoms with Crippen molar-refractivity contribution < 1.29 is 4.74 Å². The average Bonchev–Trinajstić information content (AvgIpc) is 3.55. The number of aryl methyl sites for hydroxylation is 2. The zero-order valence-corrected chi connectivity index (χ0v) is 20.6. The molecule has 0 saturated heterocycles. The van der Waals surface area contributed by atoms with E-state index < -0.39 is 0 Å². The lowest BCUT2D eigenvalue weighted by Crippen LogP contribution is -2.28. The molecule has 0 unspecified atom stereocenters. The third-order valence-corrected chi connectivity index (χ3v) is 7.10. The molecule has 0 spiro atoms. The van der Waals surface area contributed by atoms with Crippen molar-refractivity contribution in [2.45, 2.75) is 65.2 Å². The second-order valence-electron chi connectivity index (χ2n) is 9.55. The topological polar surface area (TPSA) is 88.9 Å². The normalized spacial score (nSPS) is 14.3. The molecule has 4 aromatic rings. The first-order chi connectivity index (χ1) is 17.0. The van der Waals surface area contributed by atoms with E-state index in [4.69, 9.17) is 4.74 Å². The summed E-state index contributed by atoms with van der Waals surface area (Å²) in [5.41, 5.74) is 4.83. The fourth-order valence-electron chi connectivity index (χ4n) is 5.17. The van der Waals surface area contributed by atoms with Crippen LogP contribution in [0.2, 0.25) is 0 Å². The molecule has 0 amide bonds. The Labute approximate surface area is 204 Å². The highest BCUT2D eigenvalue weighted by atomic mass is 16.5. The first-order valence-electron chi connectivity index (χ1n) is 12.3.